The molecule has 0 saturated heterocycles. The largest absolute Gasteiger partial charge is 0.478 e. The van der Waals surface area contributed by atoms with Gasteiger partial charge in [-0.2, -0.15) is 0 Å². The van der Waals surface area contributed by atoms with Crippen molar-refractivity contribution in [2.45, 2.75) is 26.4 Å². The first kappa shape index (κ1) is 15.7. The second-order valence-electron chi connectivity index (χ2n) is 4.74. The van der Waals surface area contributed by atoms with Crippen molar-refractivity contribution >= 4 is 40.3 Å². The fraction of sp³-hybridized carbons (Fsp3) is 0.333. The molecular formula is C12H13FINO4. The van der Waals surface area contributed by atoms with Crippen molar-refractivity contribution in [2.24, 2.45) is 0 Å². The van der Waals surface area contributed by atoms with Crippen LogP contribution in [0, 0.1) is 9.39 Å². The maximum atomic E-state index is 13.7. The molecular weight excluding hydrogens is 368 g/mol. The van der Waals surface area contributed by atoms with Crippen LogP contribution in [0.4, 0.5) is 14.9 Å². The molecule has 1 aromatic rings. The number of aromatic carboxylic acids is 1. The highest BCUT2D eigenvalue weighted by atomic mass is 127. The van der Waals surface area contributed by atoms with E-state index in [-0.39, 0.29) is 5.56 Å². The monoisotopic (exact) mass is 381 g/mol. The maximum absolute atomic E-state index is 13.7. The zero-order chi connectivity index (χ0) is 14.8. The average Bonchev–Trinajstić information content (AvgIpc) is 2.18. The number of carboxylic acid groups (broad SMARTS) is 1. The number of ether oxygens (including phenoxy) is 1. The molecule has 0 unspecified atom stereocenters. The van der Waals surface area contributed by atoms with E-state index in [1.54, 1.807) is 43.4 Å². The van der Waals surface area contributed by atoms with E-state index < -0.39 is 29.2 Å². The van der Waals surface area contributed by atoms with Crippen LogP contribution in [0.15, 0.2) is 12.1 Å². The lowest BCUT2D eigenvalue weighted by Crippen LogP contribution is -2.28. The Hall–Kier alpha value is -1.38. The van der Waals surface area contributed by atoms with Crippen LogP contribution in [0.2, 0.25) is 0 Å². The molecule has 1 aromatic carbocycles. The molecule has 0 atom stereocenters. The number of hydrogen-bond acceptors (Lipinski definition) is 3. The molecule has 0 aliphatic rings. The molecule has 0 bridgehead atoms. The van der Waals surface area contributed by atoms with E-state index in [2.05, 4.69) is 5.32 Å². The van der Waals surface area contributed by atoms with Crippen LogP contribution in [-0.4, -0.2) is 22.8 Å². The highest BCUT2D eigenvalue weighted by Crippen LogP contribution is 2.24. The van der Waals surface area contributed by atoms with E-state index in [1.165, 1.54) is 6.07 Å². The fourth-order valence-electron chi connectivity index (χ4n) is 1.27. The summed E-state index contributed by atoms with van der Waals surface area (Å²) in [6.45, 7) is 4.94. The molecule has 0 saturated carbocycles. The van der Waals surface area contributed by atoms with Crippen molar-refractivity contribution in [2.75, 3.05) is 5.32 Å². The van der Waals surface area contributed by atoms with Crippen LogP contribution in [-0.2, 0) is 4.74 Å². The molecule has 7 heteroatoms. The van der Waals surface area contributed by atoms with Crippen molar-refractivity contribution < 1.29 is 23.8 Å². The molecule has 104 valence electrons. The Labute approximate surface area is 123 Å². The molecule has 0 fully saturated rings. The first-order valence-electron chi connectivity index (χ1n) is 5.32. The van der Waals surface area contributed by atoms with Gasteiger partial charge in [0.1, 0.15) is 11.4 Å². The van der Waals surface area contributed by atoms with E-state index in [4.69, 9.17) is 9.84 Å². The third kappa shape index (κ3) is 4.66. The van der Waals surface area contributed by atoms with Crippen molar-refractivity contribution in [1.29, 1.82) is 0 Å². The maximum Gasteiger partial charge on any atom is 0.412 e. The minimum Gasteiger partial charge on any atom is -0.478 e. The third-order valence-corrected chi connectivity index (χ3v) is 2.53. The summed E-state index contributed by atoms with van der Waals surface area (Å²) in [6.07, 6.45) is -0.907. The SMILES string of the molecule is CC(C)(C)OC(=O)Nc1c(F)cc(I)cc1C(=O)O. The second kappa shape index (κ2) is 5.72. The highest BCUT2D eigenvalue weighted by molar-refractivity contribution is 14.1. The zero-order valence-electron chi connectivity index (χ0n) is 10.6. The summed E-state index contributed by atoms with van der Waals surface area (Å²) < 4.78 is 19.1. The zero-order valence-corrected chi connectivity index (χ0v) is 12.7. The van der Waals surface area contributed by atoms with Crippen molar-refractivity contribution in [3.63, 3.8) is 0 Å². The first-order valence-corrected chi connectivity index (χ1v) is 6.40. The summed E-state index contributed by atoms with van der Waals surface area (Å²) in [5.74, 6) is -2.15. The van der Waals surface area contributed by atoms with Gasteiger partial charge in [-0.05, 0) is 55.5 Å². The second-order valence-corrected chi connectivity index (χ2v) is 5.99. The molecule has 0 heterocycles. The lowest BCUT2D eigenvalue weighted by molar-refractivity contribution is 0.0635. The topological polar surface area (TPSA) is 75.6 Å². The number of carboxylic acids is 1. The first-order chi connectivity index (χ1) is 8.60. The third-order valence-electron chi connectivity index (χ3n) is 1.91. The predicted octanol–water partition coefficient (Wildman–Crippen LogP) is 3.48. The number of amides is 1. The van der Waals surface area contributed by atoms with Gasteiger partial charge in [0.05, 0.1) is 11.3 Å². The number of halogens is 2. The van der Waals surface area contributed by atoms with Crippen LogP contribution < -0.4 is 5.32 Å². The Morgan fingerprint density at radius 1 is 1.37 bits per heavy atom. The molecule has 0 aliphatic carbocycles. The Kier molecular flexibility index (Phi) is 4.72. The van der Waals surface area contributed by atoms with Gasteiger partial charge in [0.2, 0.25) is 0 Å². The summed E-state index contributed by atoms with van der Waals surface area (Å²) >= 11 is 1.79. The Bertz CT molecular complexity index is 525. The number of carbonyl (C=O) groups is 2. The van der Waals surface area contributed by atoms with Gasteiger partial charge in [0.25, 0.3) is 0 Å². The predicted molar refractivity (Wildman–Crippen MR) is 75.9 cm³/mol. The lowest BCUT2D eigenvalue weighted by atomic mass is 10.1. The fourth-order valence-corrected chi connectivity index (χ4v) is 1.86. The standard InChI is InChI=1S/C12H13FINO4/c1-12(2,3)19-11(18)15-9-7(10(16)17)4-6(14)5-8(9)13/h4-5H,1-3H3,(H,15,18)(H,16,17). The van der Waals surface area contributed by atoms with E-state index in [0.717, 1.165) is 6.07 Å². The van der Waals surface area contributed by atoms with Gasteiger partial charge in [0.15, 0.2) is 0 Å². The van der Waals surface area contributed by atoms with Crippen LogP contribution >= 0.6 is 22.6 Å². The number of benzene rings is 1. The Morgan fingerprint density at radius 2 is 1.95 bits per heavy atom. The van der Waals surface area contributed by atoms with Gasteiger partial charge >= 0.3 is 12.1 Å². The van der Waals surface area contributed by atoms with E-state index in [9.17, 15) is 14.0 Å². The minimum absolute atomic E-state index is 0.324. The number of carbonyl (C=O) groups excluding carboxylic acids is 1. The molecule has 0 spiro atoms. The van der Waals surface area contributed by atoms with Crippen LogP contribution in [0.5, 0.6) is 0 Å². The molecule has 0 aromatic heterocycles. The summed E-state index contributed by atoms with van der Waals surface area (Å²) in [5.41, 5.74) is -1.48. The minimum atomic E-state index is -1.33. The van der Waals surface area contributed by atoms with Crippen molar-refractivity contribution in [3.05, 3.63) is 27.1 Å². The summed E-state index contributed by atoms with van der Waals surface area (Å²) in [6, 6.07) is 2.39. The molecule has 19 heavy (non-hydrogen) atoms. The highest BCUT2D eigenvalue weighted by Gasteiger charge is 2.21. The number of anilines is 1. The van der Waals surface area contributed by atoms with Gasteiger partial charge in [0, 0.05) is 3.57 Å². The average molecular weight is 381 g/mol. The molecule has 0 radical (unpaired) electrons. The smallest absolute Gasteiger partial charge is 0.412 e. The normalized spacial score (nSPS) is 11.0. The van der Waals surface area contributed by atoms with Crippen molar-refractivity contribution in [3.8, 4) is 0 Å². The Morgan fingerprint density at radius 3 is 2.42 bits per heavy atom. The molecule has 2 N–H and O–H groups in total. The molecule has 1 amide bonds. The van der Waals surface area contributed by atoms with Gasteiger partial charge < -0.3 is 9.84 Å². The number of hydrogen-bond donors (Lipinski definition) is 2. The van der Waals surface area contributed by atoms with Crippen LogP contribution in [0.25, 0.3) is 0 Å². The summed E-state index contributed by atoms with van der Waals surface area (Å²) in [7, 11) is 0. The van der Waals surface area contributed by atoms with Gasteiger partial charge in [-0.25, -0.2) is 14.0 Å². The van der Waals surface area contributed by atoms with Gasteiger partial charge in [-0.1, -0.05) is 0 Å². The Balaban J connectivity index is 3.07. The van der Waals surface area contributed by atoms with Crippen molar-refractivity contribution in [1.82, 2.24) is 0 Å². The molecule has 5 nitrogen and oxygen atoms in total. The van der Waals surface area contributed by atoms with E-state index >= 15 is 0 Å². The van der Waals surface area contributed by atoms with Gasteiger partial charge in [-0.3, -0.25) is 5.32 Å². The number of rotatable bonds is 2. The summed E-state index contributed by atoms with van der Waals surface area (Å²) in [5, 5.41) is 11.1. The van der Waals surface area contributed by atoms with Gasteiger partial charge in [-0.15, -0.1) is 0 Å². The number of nitrogens with one attached hydrogen (secondary N) is 1. The van der Waals surface area contributed by atoms with E-state index in [1.807, 2.05) is 0 Å². The van der Waals surface area contributed by atoms with E-state index in [0.29, 0.717) is 3.57 Å². The quantitative estimate of drug-likeness (QED) is 0.770. The molecule has 0 aliphatic heterocycles. The lowest BCUT2D eigenvalue weighted by Gasteiger charge is -2.20. The van der Waals surface area contributed by atoms with Crippen LogP contribution in [0.3, 0.4) is 0 Å². The molecule has 1 rings (SSSR count). The van der Waals surface area contributed by atoms with Crippen LogP contribution in [0.1, 0.15) is 31.1 Å². The summed E-state index contributed by atoms with van der Waals surface area (Å²) in [4.78, 5) is 22.6.